The summed E-state index contributed by atoms with van der Waals surface area (Å²) < 4.78 is 24.9. The second-order valence-electron chi connectivity index (χ2n) is 4.30. The minimum Gasteiger partial charge on any atom is -0.872 e. The van der Waals surface area contributed by atoms with E-state index in [-0.39, 0.29) is 0 Å². The molecule has 0 atom stereocenters. The van der Waals surface area contributed by atoms with Gasteiger partial charge in [0.2, 0.25) is 9.84 Å². The first-order chi connectivity index (χ1) is 10.6. The minimum atomic E-state index is -4.65. The van der Waals surface area contributed by atoms with Gasteiger partial charge in [0.25, 0.3) is 11.4 Å². The molecule has 0 unspecified atom stereocenters. The van der Waals surface area contributed by atoms with Crippen molar-refractivity contribution in [3.05, 3.63) is 56.6 Å². The Morgan fingerprint density at radius 2 is 1.57 bits per heavy atom. The van der Waals surface area contributed by atoms with Crippen LogP contribution in [0, 0.1) is 20.2 Å². The number of nitro groups is 2. The maximum Gasteiger partial charge on any atom is 0.295 e. The highest BCUT2D eigenvalue weighted by atomic mass is 32.2. The number of nitro benzene ring substituents is 2. The van der Waals surface area contributed by atoms with Crippen LogP contribution in [0.5, 0.6) is 11.5 Å². The molecule has 0 saturated carbocycles. The van der Waals surface area contributed by atoms with Crippen molar-refractivity contribution in [2.45, 2.75) is 9.79 Å². The largest absolute Gasteiger partial charge is 0.872 e. The molecule has 0 bridgehead atoms. The Kier molecular flexibility index (Phi) is 3.89. The highest BCUT2D eigenvalue weighted by molar-refractivity contribution is 7.91. The van der Waals surface area contributed by atoms with Gasteiger partial charge in [-0.2, -0.15) is 0 Å². The number of benzene rings is 2. The van der Waals surface area contributed by atoms with Crippen LogP contribution in [0.25, 0.3) is 0 Å². The number of phenolic OH excluding ortho intramolecular Hbond substituents is 1. The maximum absolute atomic E-state index is 12.4. The second-order valence-corrected chi connectivity index (χ2v) is 6.19. The quantitative estimate of drug-likeness (QED) is 0.639. The van der Waals surface area contributed by atoms with Gasteiger partial charge in [-0.25, -0.2) is 8.42 Å². The number of non-ortho nitro benzene ring substituents is 1. The third kappa shape index (κ3) is 2.89. The zero-order valence-electron chi connectivity index (χ0n) is 11.1. The monoisotopic (exact) mass is 339 g/mol. The molecule has 0 spiro atoms. The molecule has 2 rings (SSSR count). The zero-order valence-corrected chi connectivity index (χ0v) is 11.9. The summed E-state index contributed by atoms with van der Waals surface area (Å²) in [6.07, 6.45) is 0. The van der Waals surface area contributed by atoms with E-state index in [1.54, 1.807) is 0 Å². The van der Waals surface area contributed by atoms with Crippen molar-refractivity contribution < 1.29 is 28.5 Å². The van der Waals surface area contributed by atoms with Crippen LogP contribution in [0.3, 0.4) is 0 Å². The molecule has 0 aliphatic carbocycles. The Balaban J connectivity index is 2.76. The van der Waals surface area contributed by atoms with Crippen LogP contribution < -0.4 is 5.11 Å². The molecule has 0 aliphatic rings. The molecule has 23 heavy (non-hydrogen) atoms. The fourth-order valence-corrected chi connectivity index (χ4v) is 3.32. The van der Waals surface area contributed by atoms with Crippen LogP contribution >= 0.6 is 0 Å². The fourth-order valence-electron chi connectivity index (χ4n) is 1.81. The van der Waals surface area contributed by atoms with E-state index < -0.39 is 52.3 Å². The molecule has 10 nitrogen and oxygen atoms in total. The molecule has 0 amide bonds. The van der Waals surface area contributed by atoms with Crippen LogP contribution in [0.15, 0.2) is 46.2 Å². The van der Waals surface area contributed by atoms with E-state index in [0.717, 1.165) is 18.2 Å². The molecule has 11 heteroatoms. The van der Waals surface area contributed by atoms with Crippen molar-refractivity contribution in [3.63, 3.8) is 0 Å². The van der Waals surface area contributed by atoms with Gasteiger partial charge in [0.1, 0.15) is 10.6 Å². The van der Waals surface area contributed by atoms with Crippen molar-refractivity contribution in [2.24, 2.45) is 0 Å². The first kappa shape index (κ1) is 16.2. The van der Waals surface area contributed by atoms with E-state index in [1.165, 1.54) is 0 Å². The predicted octanol–water partition coefficient (Wildman–Crippen LogP) is 1.11. The fraction of sp³-hybridized carbons (Fsp3) is 0. The average molecular weight is 339 g/mol. The number of aromatic hydroxyl groups is 1. The molecule has 1 N–H and O–H groups in total. The van der Waals surface area contributed by atoms with Crippen LogP contribution in [-0.4, -0.2) is 23.4 Å². The van der Waals surface area contributed by atoms with Gasteiger partial charge in [-0.05, 0) is 18.2 Å². The van der Waals surface area contributed by atoms with Crippen LogP contribution in [0.1, 0.15) is 0 Å². The van der Waals surface area contributed by atoms with Gasteiger partial charge in [0.15, 0.2) is 0 Å². The summed E-state index contributed by atoms with van der Waals surface area (Å²) >= 11 is 0. The summed E-state index contributed by atoms with van der Waals surface area (Å²) in [5, 5.41) is 42.7. The minimum absolute atomic E-state index is 0.486. The predicted molar refractivity (Wildman–Crippen MR) is 72.8 cm³/mol. The number of hydrogen-bond acceptors (Lipinski definition) is 8. The summed E-state index contributed by atoms with van der Waals surface area (Å²) in [6, 6.07) is 4.34. The van der Waals surface area contributed by atoms with Crippen LogP contribution in [-0.2, 0) is 9.84 Å². The average Bonchev–Trinajstić information content (AvgIpc) is 2.48. The summed E-state index contributed by atoms with van der Waals surface area (Å²) in [5.41, 5.74) is -1.71. The molecule has 2 aromatic rings. The number of nitrogens with zero attached hydrogens (tertiary/aromatic N) is 2. The lowest BCUT2D eigenvalue weighted by atomic mass is 10.3. The summed E-state index contributed by atoms with van der Waals surface area (Å²) in [4.78, 5) is 17.9. The highest BCUT2D eigenvalue weighted by Gasteiger charge is 2.30. The molecular weight excluding hydrogens is 332 g/mol. The molecule has 120 valence electrons. The van der Waals surface area contributed by atoms with Gasteiger partial charge < -0.3 is 10.2 Å². The van der Waals surface area contributed by atoms with Crippen molar-refractivity contribution in [2.75, 3.05) is 0 Å². The van der Waals surface area contributed by atoms with E-state index in [9.17, 15) is 38.9 Å². The van der Waals surface area contributed by atoms with Crippen molar-refractivity contribution >= 4 is 21.2 Å². The van der Waals surface area contributed by atoms with Crippen LogP contribution in [0.2, 0.25) is 0 Å². The van der Waals surface area contributed by atoms with Gasteiger partial charge in [-0.15, -0.1) is 0 Å². The molecule has 0 aliphatic heterocycles. The standard InChI is InChI=1S/C12H8N2O8S/c15-8-2-3-10(16)12(6-8)23(21,22)11-4-1-7(13(17)18)5-9(11)14(19)20/h1-6,15-16H/p-1. The Bertz CT molecular complexity index is 923. The lowest BCUT2D eigenvalue weighted by Gasteiger charge is -2.14. The zero-order chi connectivity index (χ0) is 17.4. The van der Waals surface area contributed by atoms with Gasteiger partial charge >= 0.3 is 0 Å². The third-order valence-corrected chi connectivity index (χ3v) is 4.68. The van der Waals surface area contributed by atoms with Crippen molar-refractivity contribution in [1.29, 1.82) is 0 Å². The molecule has 0 fully saturated rings. The lowest BCUT2D eigenvalue weighted by Crippen LogP contribution is -2.09. The van der Waals surface area contributed by atoms with E-state index in [1.807, 2.05) is 0 Å². The third-order valence-electron chi connectivity index (χ3n) is 2.86. The van der Waals surface area contributed by atoms with E-state index in [4.69, 9.17) is 0 Å². The highest BCUT2D eigenvalue weighted by Crippen LogP contribution is 2.36. The lowest BCUT2D eigenvalue weighted by molar-refractivity contribution is -0.396. The number of rotatable bonds is 4. The molecule has 0 heterocycles. The number of sulfone groups is 1. The van der Waals surface area contributed by atoms with Gasteiger partial charge in [-0.3, -0.25) is 20.2 Å². The van der Waals surface area contributed by atoms with E-state index >= 15 is 0 Å². The second kappa shape index (κ2) is 5.53. The summed E-state index contributed by atoms with van der Waals surface area (Å²) in [6.45, 7) is 0. The number of phenols is 1. The van der Waals surface area contributed by atoms with Crippen LogP contribution in [0.4, 0.5) is 11.4 Å². The Morgan fingerprint density at radius 3 is 2.13 bits per heavy atom. The van der Waals surface area contributed by atoms with E-state index in [0.29, 0.717) is 18.2 Å². The SMILES string of the molecule is O=[N+]([O-])c1ccc(S(=O)(=O)c2cc(O)ccc2[O-])c([N+](=O)[O-])c1. The van der Waals surface area contributed by atoms with Crippen molar-refractivity contribution in [1.82, 2.24) is 0 Å². The van der Waals surface area contributed by atoms with Crippen molar-refractivity contribution in [3.8, 4) is 11.5 Å². The molecular formula is C12H7N2O8S-. The maximum atomic E-state index is 12.4. The Morgan fingerprint density at radius 1 is 0.913 bits per heavy atom. The normalized spacial score (nSPS) is 11.1. The summed E-state index contributed by atoms with van der Waals surface area (Å²) in [5.74, 6) is -1.50. The number of hydrogen-bond donors (Lipinski definition) is 1. The van der Waals surface area contributed by atoms with Gasteiger partial charge in [0, 0.05) is 6.07 Å². The van der Waals surface area contributed by atoms with Gasteiger partial charge in [0.05, 0.1) is 20.8 Å². The smallest absolute Gasteiger partial charge is 0.295 e. The van der Waals surface area contributed by atoms with Gasteiger partial charge in [-0.1, -0.05) is 11.8 Å². The van der Waals surface area contributed by atoms with E-state index in [2.05, 4.69) is 0 Å². The first-order valence-corrected chi connectivity index (χ1v) is 7.31. The topological polar surface area (TPSA) is 164 Å². The Hall–Kier alpha value is -3.21. The summed E-state index contributed by atoms with van der Waals surface area (Å²) in [7, 11) is -4.65. The first-order valence-electron chi connectivity index (χ1n) is 5.82. The molecule has 2 aromatic carbocycles. The molecule has 0 aromatic heterocycles. The Labute approximate surface area is 128 Å². The molecule has 0 saturated heterocycles. The molecule has 0 radical (unpaired) electrons.